The highest BCUT2D eigenvalue weighted by Crippen LogP contribution is 2.32. The molecule has 0 aliphatic carbocycles. The molecule has 33 heavy (non-hydrogen) atoms. The highest BCUT2D eigenvalue weighted by molar-refractivity contribution is 5.71. The summed E-state index contributed by atoms with van der Waals surface area (Å²) in [5.74, 6) is 1.59. The van der Waals surface area contributed by atoms with Crippen LogP contribution in [0.4, 0.5) is 0 Å². The minimum absolute atomic E-state index is 0.742. The summed E-state index contributed by atoms with van der Waals surface area (Å²) in [4.78, 5) is 5.02. The molecule has 3 nitrogen and oxygen atoms in total. The van der Waals surface area contributed by atoms with Gasteiger partial charge in [-0.1, -0.05) is 77.9 Å². The lowest BCUT2D eigenvalue weighted by Gasteiger charge is -2.15. The SMILES string of the molecule is Cc1cc(C)cc(-c2nc(-c3ccccc3)n(-c3c(C)cc(-c4ccccc4)cc3C)n2)c1. The standard InChI is InChI=1S/C30H27N3/c1-20-15-21(2)17-27(16-20)29-31-30(25-13-9-6-10-14-25)33(32-29)28-22(3)18-26(19-23(28)4)24-11-7-5-8-12-24/h5-19H,1-4H3. The molecule has 0 saturated heterocycles. The fourth-order valence-electron chi connectivity index (χ4n) is 4.56. The van der Waals surface area contributed by atoms with Gasteiger partial charge < -0.3 is 0 Å². The first-order valence-electron chi connectivity index (χ1n) is 11.3. The molecule has 3 heteroatoms. The Morgan fingerprint density at radius 1 is 0.545 bits per heavy atom. The minimum atomic E-state index is 0.742. The second-order valence-corrected chi connectivity index (χ2v) is 8.74. The average Bonchev–Trinajstić information content (AvgIpc) is 3.24. The number of aryl methyl sites for hydroxylation is 4. The predicted molar refractivity (Wildman–Crippen MR) is 137 cm³/mol. The van der Waals surface area contributed by atoms with Crippen LogP contribution in [0.1, 0.15) is 22.3 Å². The Bertz CT molecular complexity index is 1390. The van der Waals surface area contributed by atoms with Gasteiger partial charge in [-0.25, -0.2) is 9.67 Å². The first-order chi connectivity index (χ1) is 16.0. The van der Waals surface area contributed by atoms with Gasteiger partial charge in [0.15, 0.2) is 11.6 Å². The van der Waals surface area contributed by atoms with Crippen LogP contribution in [0.3, 0.4) is 0 Å². The van der Waals surface area contributed by atoms with E-state index in [-0.39, 0.29) is 0 Å². The van der Waals surface area contributed by atoms with Crippen LogP contribution in [0.2, 0.25) is 0 Å². The average molecular weight is 430 g/mol. The van der Waals surface area contributed by atoms with Crippen LogP contribution < -0.4 is 0 Å². The lowest BCUT2D eigenvalue weighted by atomic mass is 9.99. The molecule has 0 N–H and O–H groups in total. The summed E-state index contributed by atoms with van der Waals surface area (Å²) < 4.78 is 2.02. The molecule has 0 aliphatic heterocycles. The zero-order valence-electron chi connectivity index (χ0n) is 19.5. The van der Waals surface area contributed by atoms with Gasteiger partial charge in [-0.3, -0.25) is 0 Å². The normalized spacial score (nSPS) is 11.0. The molecule has 0 spiro atoms. The van der Waals surface area contributed by atoms with Crippen LogP contribution in [0, 0.1) is 27.7 Å². The molecule has 1 heterocycles. The van der Waals surface area contributed by atoms with Crippen LogP contribution in [0.25, 0.3) is 39.6 Å². The monoisotopic (exact) mass is 429 g/mol. The van der Waals surface area contributed by atoms with E-state index in [9.17, 15) is 0 Å². The molecule has 0 atom stereocenters. The van der Waals surface area contributed by atoms with Crippen molar-refractivity contribution in [3.63, 3.8) is 0 Å². The molecular weight excluding hydrogens is 402 g/mol. The molecule has 5 rings (SSSR count). The van der Waals surface area contributed by atoms with E-state index in [4.69, 9.17) is 10.1 Å². The van der Waals surface area contributed by atoms with Gasteiger partial charge in [-0.15, -0.1) is 5.10 Å². The maximum absolute atomic E-state index is 5.04. The van der Waals surface area contributed by atoms with Gasteiger partial charge in [0.1, 0.15) is 0 Å². The smallest absolute Gasteiger partial charge is 0.182 e. The van der Waals surface area contributed by atoms with E-state index in [1.165, 1.54) is 33.4 Å². The van der Waals surface area contributed by atoms with Crippen LogP contribution in [0.15, 0.2) is 91.0 Å². The summed E-state index contributed by atoms with van der Waals surface area (Å²) in [6, 6.07) is 31.8. The number of hydrogen-bond acceptors (Lipinski definition) is 2. The van der Waals surface area contributed by atoms with Crippen molar-refractivity contribution in [1.29, 1.82) is 0 Å². The van der Waals surface area contributed by atoms with Crippen molar-refractivity contribution in [2.45, 2.75) is 27.7 Å². The maximum Gasteiger partial charge on any atom is 0.182 e. The summed E-state index contributed by atoms with van der Waals surface area (Å²) in [7, 11) is 0. The van der Waals surface area contributed by atoms with Crippen LogP contribution >= 0.6 is 0 Å². The maximum atomic E-state index is 5.04. The highest BCUT2D eigenvalue weighted by Gasteiger charge is 2.19. The molecule has 0 bridgehead atoms. The summed E-state index contributed by atoms with van der Waals surface area (Å²) in [6.45, 7) is 8.54. The molecule has 0 unspecified atom stereocenters. The quantitative estimate of drug-likeness (QED) is 0.296. The van der Waals surface area contributed by atoms with Gasteiger partial charge in [-0.2, -0.15) is 0 Å². The predicted octanol–water partition coefficient (Wildman–Crippen LogP) is 7.50. The van der Waals surface area contributed by atoms with Gasteiger partial charge in [0, 0.05) is 11.1 Å². The molecule has 0 aliphatic rings. The molecule has 5 aromatic rings. The Balaban J connectivity index is 1.71. The third-order valence-corrected chi connectivity index (χ3v) is 5.93. The van der Waals surface area contributed by atoms with E-state index < -0.39 is 0 Å². The molecule has 0 saturated carbocycles. The number of rotatable bonds is 4. The molecule has 162 valence electrons. The summed E-state index contributed by atoms with van der Waals surface area (Å²) in [5.41, 5.74) is 10.4. The molecule has 0 amide bonds. The molecular formula is C30H27N3. The van der Waals surface area contributed by atoms with Gasteiger partial charge >= 0.3 is 0 Å². The first kappa shape index (κ1) is 20.9. The Morgan fingerprint density at radius 2 is 1.09 bits per heavy atom. The fourth-order valence-corrected chi connectivity index (χ4v) is 4.56. The number of aromatic nitrogens is 3. The van der Waals surface area contributed by atoms with Crippen LogP contribution in [-0.2, 0) is 0 Å². The minimum Gasteiger partial charge on any atom is -0.212 e. The van der Waals surface area contributed by atoms with E-state index in [1.54, 1.807) is 0 Å². The Labute approximate surface area is 195 Å². The summed E-state index contributed by atoms with van der Waals surface area (Å²) >= 11 is 0. The number of benzene rings is 4. The van der Waals surface area contributed by atoms with E-state index in [2.05, 4.69) is 94.4 Å². The van der Waals surface area contributed by atoms with Gasteiger partial charge in [-0.05, 0) is 74.2 Å². The Morgan fingerprint density at radius 3 is 1.67 bits per heavy atom. The first-order valence-corrected chi connectivity index (χ1v) is 11.3. The molecule has 1 aromatic heterocycles. The highest BCUT2D eigenvalue weighted by atomic mass is 15.4. The van der Waals surface area contributed by atoms with Gasteiger partial charge in [0.25, 0.3) is 0 Å². The van der Waals surface area contributed by atoms with Crippen molar-refractivity contribution >= 4 is 0 Å². The summed E-state index contributed by atoms with van der Waals surface area (Å²) in [5, 5.41) is 5.04. The lowest BCUT2D eigenvalue weighted by molar-refractivity contribution is 0.874. The van der Waals surface area contributed by atoms with E-state index >= 15 is 0 Å². The second-order valence-electron chi connectivity index (χ2n) is 8.74. The largest absolute Gasteiger partial charge is 0.212 e. The Kier molecular flexibility index (Phi) is 5.39. The van der Waals surface area contributed by atoms with Crippen molar-refractivity contribution in [3.8, 4) is 39.6 Å². The van der Waals surface area contributed by atoms with E-state index in [0.29, 0.717) is 0 Å². The summed E-state index contributed by atoms with van der Waals surface area (Å²) in [6.07, 6.45) is 0. The van der Waals surface area contributed by atoms with Crippen molar-refractivity contribution in [1.82, 2.24) is 14.8 Å². The molecule has 0 fully saturated rings. The van der Waals surface area contributed by atoms with Crippen molar-refractivity contribution < 1.29 is 0 Å². The molecule has 4 aromatic carbocycles. The van der Waals surface area contributed by atoms with E-state index in [1.807, 2.05) is 28.9 Å². The van der Waals surface area contributed by atoms with Crippen LogP contribution in [-0.4, -0.2) is 14.8 Å². The zero-order valence-corrected chi connectivity index (χ0v) is 19.5. The number of nitrogens with zero attached hydrogens (tertiary/aromatic N) is 3. The number of hydrogen-bond donors (Lipinski definition) is 0. The van der Waals surface area contributed by atoms with E-state index in [0.717, 1.165) is 28.5 Å². The zero-order chi connectivity index (χ0) is 22.9. The third-order valence-electron chi connectivity index (χ3n) is 5.93. The topological polar surface area (TPSA) is 30.7 Å². The Hall–Kier alpha value is -3.98. The van der Waals surface area contributed by atoms with Crippen molar-refractivity contribution in [3.05, 3.63) is 113 Å². The fraction of sp³-hybridized carbons (Fsp3) is 0.133. The molecule has 0 radical (unpaired) electrons. The van der Waals surface area contributed by atoms with Gasteiger partial charge in [0.2, 0.25) is 0 Å². The van der Waals surface area contributed by atoms with Crippen molar-refractivity contribution in [2.75, 3.05) is 0 Å². The van der Waals surface area contributed by atoms with Gasteiger partial charge in [0.05, 0.1) is 5.69 Å². The second kappa shape index (κ2) is 8.51. The van der Waals surface area contributed by atoms with Crippen molar-refractivity contribution in [2.24, 2.45) is 0 Å². The third kappa shape index (κ3) is 4.10. The lowest BCUT2D eigenvalue weighted by Crippen LogP contribution is -2.05. The van der Waals surface area contributed by atoms with Crippen LogP contribution in [0.5, 0.6) is 0 Å².